The van der Waals surface area contributed by atoms with Crippen molar-refractivity contribution in [1.82, 2.24) is 5.32 Å². The van der Waals surface area contributed by atoms with E-state index in [1.807, 2.05) is 0 Å². The van der Waals surface area contributed by atoms with E-state index in [1.165, 1.54) is 42.0 Å². The zero-order valence-corrected chi connectivity index (χ0v) is 19.8. The Balaban J connectivity index is 2.54. The number of allylic oxidation sites excluding steroid dienone is 4. The molecule has 1 aliphatic heterocycles. The van der Waals surface area contributed by atoms with E-state index in [9.17, 15) is 0 Å². The number of hydrogen-bond acceptors (Lipinski definition) is 1. The van der Waals surface area contributed by atoms with Gasteiger partial charge in [0.2, 0.25) is 0 Å². The fourth-order valence-corrected chi connectivity index (χ4v) is 25.2. The summed E-state index contributed by atoms with van der Waals surface area (Å²) in [6.07, 6.45) is 3.88. The second-order valence-corrected chi connectivity index (χ2v) is 25.8. The Labute approximate surface area is 157 Å². The van der Waals surface area contributed by atoms with Crippen LogP contribution in [0.1, 0.15) is 67.7 Å². The molecule has 3 atom stereocenters. The summed E-state index contributed by atoms with van der Waals surface area (Å²) in [6, 6.07) is 1.29. The van der Waals surface area contributed by atoms with E-state index in [-0.39, 0.29) is 5.54 Å². The summed E-state index contributed by atoms with van der Waals surface area (Å²) in [5.74, 6) is -1.31. The second kappa shape index (κ2) is 7.29. The van der Waals surface area contributed by atoms with Gasteiger partial charge >= 0.3 is 158 Å². The van der Waals surface area contributed by atoms with Crippen LogP contribution in [0.2, 0.25) is 6.04 Å². The molecule has 5 heteroatoms. The SMILES string of the molecule is CC1=C(C)C(C)C([Si]2([Ti]([Cl])[Cl])CCCCC2NC(C)(C)C)=C1C. The van der Waals surface area contributed by atoms with Gasteiger partial charge in [0.25, 0.3) is 0 Å². The van der Waals surface area contributed by atoms with Crippen molar-refractivity contribution < 1.29 is 15.0 Å². The van der Waals surface area contributed by atoms with Crippen LogP contribution < -0.4 is 5.32 Å². The first-order valence-corrected chi connectivity index (χ1v) is 17.8. The van der Waals surface area contributed by atoms with Crippen LogP contribution >= 0.6 is 18.6 Å². The van der Waals surface area contributed by atoms with Crippen molar-refractivity contribution in [1.29, 1.82) is 0 Å². The van der Waals surface area contributed by atoms with Crippen molar-refractivity contribution in [2.24, 2.45) is 5.92 Å². The average molecular weight is 409 g/mol. The molecule has 1 nitrogen and oxygen atoms in total. The van der Waals surface area contributed by atoms with Crippen molar-refractivity contribution in [3.05, 3.63) is 21.9 Å². The van der Waals surface area contributed by atoms with Gasteiger partial charge < -0.3 is 0 Å². The van der Waals surface area contributed by atoms with Gasteiger partial charge in [-0.1, -0.05) is 0 Å². The van der Waals surface area contributed by atoms with E-state index in [0.29, 0.717) is 11.6 Å². The topological polar surface area (TPSA) is 12.0 Å². The van der Waals surface area contributed by atoms with Crippen LogP contribution in [0.4, 0.5) is 0 Å². The molecule has 23 heavy (non-hydrogen) atoms. The van der Waals surface area contributed by atoms with Crippen molar-refractivity contribution in [3.63, 3.8) is 0 Å². The Morgan fingerprint density at radius 1 is 1.09 bits per heavy atom. The summed E-state index contributed by atoms with van der Waals surface area (Å²) in [7, 11) is 13.9. The van der Waals surface area contributed by atoms with Gasteiger partial charge in [0, 0.05) is 0 Å². The third kappa shape index (κ3) is 3.73. The van der Waals surface area contributed by atoms with Crippen molar-refractivity contribution in [2.45, 2.75) is 85.0 Å². The fraction of sp³-hybridized carbons (Fsp3) is 0.778. The van der Waals surface area contributed by atoms with Crippen LogP contribution in [0.15, 0.2) is 21.9 Å². The van der Waals surface area contributed by atoms with E-state index >= 15 is 0 Å². The first kappa shape index (κ1) is 20.3. The summed E-state index contributed by atoms with van der Waals surface area (Å²) in [5, 5.41) is 5.66. The van der Waals surface area contributed by atoms with E-state index < -0.39 is 20.9 Å². The summed E-state index contributed by atoms with van der Waals surface area (Å²) < 4.78 is 0. The Kier molecular flexibility index (Phi) is 6.42. The minimum absolute atomic E-state index is 0.121. The molecule has 1 heterocycles. The molecular formula is C18H32Cl2NSiTi. The fourth-order valence-electron chi connectivity index (χ4n) is 4.63. The van der Waals surface area contributed by atoms with Crippen LogP contribution in [0, 0.1) is 5.92 Å². The van der Waals surface area contributed by atoms with Gasteiger partial charge in [0.1, 0.15) is 0 Å². The van der Waals surface area contributed by atoms with Gasteiger partial charge in [0.15, 0.2) is 0 Å². The predicted molar refractivity (Wildman–Crippen MR) is 103 cm³/mol. The molecule has 2 aliphatic rings. The average Bonchev–Trinajstić information content (AvgIpc) is 2.62. The molecule has 0 saturated carbocycles. The van der Waals surface area contributed by atoms with Crippen LogP contribution in [-0.4, -0.2) is 17.1 Å². The molecule has 0 aromatic rings. The van der Waals surface area contributed by atoms with E-state index in [4.69, 9.17) is 18.6 Å². The molecule has 1 N–H and O–H groups in total. The first-order valence-electron chi connectivity index (χ1n) is 8.87. The van der Waals surface area contributed by atoms with Gasteiger partial charge in [-0.2, -0.15) is 0 Å². The molecule has 131 valence electrons. The zero-order chi connectivity index (χ0) is 17.6. The predicted octanol–water partition coefficient (Wildman–Crippen LogP) is 6.18. The first-order chi connectivity index (χ1) is 10.5. The standard InChI is InChI=1S/C18H32NSi.2ClH.Ti/c1-12-13(2)15(4)17(14(12)3)20-11-9-8-10-16(20)19-18(5,6)7;;;/h14,16,19H,8-11H2,1-7H3;2*1H;/q;;;+2/p-2. The van der Waals surface area contributed by atoms with E-state index in [0.717, 1.165) is 0 Å². The number of rotatable bonds is 3. The Morgan fingerprint density at radius 2 is 1.70 bits per heavy atom. The molecule has 0 amide bonds. The van der Waals surface area contributed by atoms with Gasteiger partial charge in [-0.05, 0) is 0 Å². The maximum absolute atomic E-state index is 6.94. The van der Waals surface area contributed by atoms with E-state index in [2.05, 4.69) is 53.8 Å². The Hall–Kier alpha value is 0.951. The number of halogens is 2. The normalized spacial score (nSPS) is 32.7. The summed E-state index contributed by atoms with van der Waals surface area (Å²) in [4.78, 5) is 0. The molecule has 1 aliphatic carbocycles. The summed E-state index contributed by atoms with van der Waals surface area (Å²) in [6.45, 7) is 16.1. The molecule has 0 aromatic heterocycles. The molecule has 1 saturated heterocycles. The van der Waals surface area contributed by atoms with Crippen molar-refractivity contribution >= 4 is 24.6 Å². The molecule has 0 spiro atoms. The monoisotopic (exact) mass is 408 g/mol. The molecule has 0 aromatic carbocycles. The molecular weight excluding hydrogens is 377 g/mol. The Bertz CT molecular complexity index is 536. The molecule has 0 radical (unpaired) electrons. The van der Waals surface area contributed by atoms with Gasteiger partial charge in [-0.15, -0.1) is 0 Å². The second-order valence-electron chi connectivity index (χ2n) is 8.49. The van der Waals surface area contributed by atoms with Gasteiger partial charge in [-0.25, -0.2) is 0 Å². The summed E-state index contributed by atoms with van der Waals surface area (Å²) in [5.41, 5.74) is 5.22. The van der Waals surface area contributed by atoms with Crippen LogP contribution in [0.3, 0.4) is 0 Å². The Morgan fingerprint density at radius 3 is 2.13 bits per heavy atom. The van der Waals surface area contributed by atoms with Crippen molar-refractivity contribution in [2.75, 3.05) is 0 Å². The summed E-state index contributed by atoms with van der Waals surface area (Å²) >= 11 is -2.09. The quantitative estimate of drug-likeness (QED) is 0.549. The maximum atomic E-state index is 6.94. The number of hydrogen-bond donors (Lipinski definition) is 1. The third-order valence-electron chi connectivity index (χ3n) is 5.97. The van der Waals surface area contributed by atoms with Crippen LogP contribution in [-0.2, 0) is 15.0 Å². The van der Waals surface area contributed by atoms with Crippen molar-refractivity contribution in [3.8, 4) is 0 Å². The van der Waals surface area contributed by atoms with Crippen LogP contribution in [0.5, 0.6) is 0 Å². The molecule has 1 fully saturated rings. The minimum atomic E-state index is -2.09. The number of nitrogens with one attached hydrogen (secondary N) is 1. The van der Waals surface area contributed by atoms with Gasteiger partial charge in [-0.3, -0.25) is 0 Å². The van der Waals surface area contributed by atoms with Gasteiger partial charge in [0.05, 0.1) is 0 Å². The third-order valence-corrected chi connectivity index (χ3v) is 26.8. The zero-order valence-electron chi connectivity index (χ0n) is 15.7. The molecule has 3 unspecified atom stereocenters. The molecule has 0 bridgehead atoms. The van der Waals surface area contributed by atoms with E-state index in [1.54, 1.807) is 5.20 Å². The van der Waals surface area contributed by atoms with Crippen LogP contribution in [0.25, 0.3) is 0 Å². The molecule has 2 rings (SSSR count).